The molecule has 2 aliphatic heterocycles. The number of rotatable bonds is 1. The number of hydrogen-bond donors (Lipinski definition) is 0. The standard InChI is InChI=1S/C14H20N2O2S/c1-15-5-4-14(9-15)10-16(6-7-18-11-14)13(17)12-3-2-8-19-12/h2-3,8H,4-7,9-11H2,1H3. The lowest BCUT2D eigenvalue weighted by molar-refractivity contribution is 0.0662. The fourth-order valence-corrected chi connectivity index (χ4v) is 3.82. The summed E-state index contributed by atoms with van der Waals surface area (Å²) in [6.07, 6.45) is 1.12. The van der Waals surface area contributed by atoms with Crippen molar-refractivity contribution >= 4 is 17.2 Å². The van der Waals surface area contributed by atoms with Crippen molar-refractivity contribution in [1.82, 2.24) is 9.80 Å². The summed E-state index contributed by atoms with van der Waals surface area (Å²) in [7, 11) is 2.14. The van der Waals surface area contributed by atoms with Crippen LogP contribution in [0.5, 0.6) is 0 Å². The average molecular weight is 280 g/mol. The molecular weight excluding hydrogens is 260 g/mol. The Bertz CT molecular complexity index is 448. The van der Waals surface area contributed by atoms with Crippen LogP contribution in [0.2, 0.25) is 0 Å². The zero-order valence-electron chi connectivity index (χ0n) is 11.3. The summed E-state index contributed by atoms with van der Waals surface area (Å²) < 4.78 is 5.76. The lowest BCUT2D eigenvalue weighted by Gasteiger charge is -2.31. The monoisotopic (exact) mass is 280 g/mol. The molecule has 1 aromatic rings. The zero-order valence-corrected chi connectivity index (χ0v) is 12.1. The number of ether oxygens (including phenoxy) is 1. The molecule has 0 radical (unpaired) electrons. The van der Waals surface area contributed by atoms with Crippen molar-refractivity contribution in [2.75, 3.05) is 46.4 Å². The number of likely N-dealkylation sites (tertiary alicyclic amines) is 1. The van der Waals surface area contributed by atoms with Crippen LogP contribution >= 0.6 is 11.3 Å². The van der Waals surface area contributed by atoms with Gasteiger partial charge in [-0.2, -0.15) is 0 Å². The summed E-state index contributed by atoms with van der Waals surface area (Å²) in [5.41, 5.74) is 0.137. The van der Waals surface area contributed by atoms with Gasteiger partial charge in [0.2, 0.25) is 0 Å². The minimum absolute atomic E-state index is 0.137. The third-order valence-corrected chi connectivity index (χ3v) is 4.95. The Morgan fingerprint density at radius 2 is 2.32 bits per heavy atom. The van der Waals surface area contributed by atoms with Crippen molar-refractivity contribution in [1.29, 1.82) is 0 Å². The van der Waals surface area contributed by atoms with Gasteiger partial charge in [0, 0.05) is 25.0 Å². The van der Waals surface area contributed by atoms with E-state index >= 15 is 0 Å². The maximum absolute atomic E-state index is 12.5. The highest BCUT2D eigenvalue weighted by molar-refractivity contribution is 7.12. The van der Waals surface area contributed by atoms with Gasteiger partial charge >= 0.3 is 0 Å². The molecule has 1 amide bonds. The van der Waals surface area contributed by atoms with Crippen LogP contribution in [0.25, 0.3) is 0 Å². The van der Waals surface area contributed by atoms with Crippen LogP contribution in [0, 0.1) is 5.41 Å². The molecule has 0 saturated carbocycles. The lowest BCUT2D eigenvalue weighted by Crippen LogP contribution is -2.42. The fourth-order valence-electron chi connectivity index (χ4n) is 3.13. The van der Waals surface area contributed by atoms with E-state index in [0.29, 0.717) is 13.2 Å². The molecule has 2 aliphatic rings. The van der Waals surface area contributed by atoms with Gasteiger partial charge < -0.3 is 14.5 Å². The van der Waals surface area contributed by atoms with Crippen LogP contribution in [0.4, 0.5) is 0 Å². The van der Waals surface area contributed by atoms with E-state index in [1.807, 2.05) is 22.4 Å². The number of hydrogen-bond acceptors (Lipinski definition) is 4. The van der Waals surface area contributed by atoms with Gasteiger partial charge in [-0.15, -0.1) is 11.3 Å². The van der Waals surface area contributed by atoms with Gasteiger partial charge in [0.1, 0.15) is 0 Å². The van der Waals surface area contributed by atoms with Crippen LogP contribution in [0.1, 0.15) is 16.1 Å². The predicted molar refractivity (Wildman–Crippen MR) is 75.6 cm³/mol. The molecule has 0 aliphatic carbocycles. The summed E-state index contributed by atoms with van der Waals surface area (Å²) in [4.78, 5) is 17.7. The first-order valence-corrected chi connectivity index (χ1v) is 7.66. The molecule has 2 saturated heterocycles. The lowest BCUT2D eigenvalue weighted by atomic mass is 9.87. The molecule has 0 bridgehead atoms. The van der Waals surface area contributed by atoms with E-state index in [4.69, 9.17) is 4.74 Å². The largest absolute Gasteiger partial charge is 0.379 e. The van der Waals surface area contributed by atoms with E-state index in [9.17, 15) is 4.79 Å². The molecule has 1 unspecified atom stereocenters. The summed E-state index contributed by atoms with van der Waals surface area (Å²) >= 11 is 1.52. The molecule has 1 spiro atoms. The van der Waals surface area contributed by atoms with Crippen molar-refractivity contribution < 1.29 is 9.53 Å². The molecule has 0 aromatic carbocycles. The van der Waals surface area contributed by atoms with E-state index in [1.165, 1.54) is 11.3 Å². The van der Waals surface area contributed by atoms with E-state index in [2.05, 4.69) is 11.9 Å². The van der Waals surface area contributed by atoms with Gasteiger partial charge in [-0.3, -0.25) is 4.79 Å². The molecule has 0 N–H and O–H groups in total. The fraction of sp³-hybridized carbons (Fsp3) is 0.643. The SMILES string of the molecule is CN1CCC2(COCCN(C(=O)c3cccs3)C2)C1. The first-order valence-electron chi connectivity index (χ1n) is 6.78. The Morgan fingerprint density at radius 3 is 3.00 bits per heavy atom. The second-order valence-electron chi connectivity index (χ2n) is 5.74. The molecule has 1 atom stereocenters. The van der Waals surface area contributed by atoms with Crippen molar-refractivity contribution in [3.8, 4) is 0 Å². The molecule has 2 fully saturated rings. The first-order chi connectivity index (χ1) is 9.19. The summed E-state index contributed by atoms with van der Waals surface area (Å²) in [6, 6.07) is 3.84. The van der Waals surface area contributed by atoms with E-state index in [0.717, 1.165) is 37.5 Å². The minimum Gasteiger partial charge on any atom is -0.379 e. The number of carbonyl (C=O) groups excluding carboxylic acids is 1. The third kappa shape index (κ3) is 2.68. The van der Waals surface area contributed by atoms with Crippen LogP contribution in [-0.4, -0.2) is 62.1 Å². The summed E-state index contributed by atoms with van der Waals surface area (Å²) in [5, 5.41) is 1.96. The van der Waals surface area contributed by atoms with Gasteiger partial charge in [0.15, 0.2) is 0 Å². The first kappa shape index (κ1) is 13.1. The maximum Gasteiger partial charge on any atom is 0.264 e. The number of nitrogens with zero attached hydrogens (tertiary/aromatic N) is 2. The predicted octanol–water partition coefficient (Wildman–Crippen LogP) is 1.54. The molecule has 5 heteroatoms. The molecule has 1 aromatic heterocycles. The van der Waals surface area contributed by atoms with Crippen molar-refractivity contribution in [2.24, 2.45) is 5.41 Å². The molecule has 3 rings (SSSR count). The van der Waals surface area contributed by atoms with Gasteiger partial charge in [-0.1, -0.05) is 6.07 Å². The molecular formula is C14H20N2O2S. The number of thiophene rings is 1. The van der Waals surface area contributed by atoms with Gasteiger partial charge in [-0.05, 0) is 31.5 Å². The van der Waals surface area contributed by atoms with Crippen molar-refractivity contribution in [3.63, 3.8) is 0 Å². The maximum atomic E-state index is 12.5. The smallest absolute Gasteiger partial charge is 0.264 e. The Morgan fingerprint density at radius 1 is 1.42 bits per heavy atom. The topological polar surface area (TPSA) is 32.8 Å². The second kappa shape index (κ2) is 5.23. The normalized spacial score (nSPS) is 28.8. The molecule has 4 nitrogen and oxygen atoms in total. The highest BCUT2D eigenvalue weighted by Crippen LogP contribution is 2.33. The molecule has 3 heterocycles. The highest BCUT2D eigenvalue weighted by atomic mass is 32.1. The van der Waals surface area contributed by atoms with Crippen molar-refractivity contribution in [3.05, 3.63) is 22.4 Å². The Hall–Kier alpha value is -0.910. The van der Waals surface area contributed by atoms with Gasteiger partial charge in [0.05, 0.1) is 18.1 Å². The molecule has 19 heavy (non-hydrogen) atoms. The number of amides is 1. The van der Waals surface area contributed by atoms with Crippen LogP contribution in [-0.2, 0) is 4.74 Å². The Kier molecular flexibility index (Phi) is 3.60. The van der Waals surface area contributed by atoms with Gasteiger partial charge in [-0.25, -0.2) is 0 Å². The zero-order chi connectivity index (χ0) is 13.3. The summed E-state index contributed by atoms with van der Waals surface area (Å²) in [6.45, 7) is 5.11. The Balaban J connectivity index is 1.76. The van der Waals surface area contributed by atoms with E-state index in [1.54, 1.807) is 0 Å². The summed E-state index contributed by atoms with van der Waals surface area (Å²) in [5.74, 6) is 0.162. The number of carbonyl (C=O) groups is 1. The molecule has 104 valence electrons. The second-order valence-corrected chi connectivity index (χ2v) is 6.69. The average Bonchev–Trinajstić information content (AvgIpc) is 2.98. The van der Waals surface area contributed by atoms with Crippen LogP contribution in [0.3, 0.4) is 0 Å². The van der Waals surface area contributed by atoms with Crippen molar-refractivity contribution in [2.45, 2.75) is 6.42 Å². The van der Waals surface area contributed by atoms with E-state index in [-0.39, 0.29) is 11.3 Å². The van der Waals surface area contributed by atoms with Crippen LogP contribution in [0.15, 0.2) is 17.5 Å². The third-order valence-electron chi connectivity index (χ3n) is 4.09. The van der Waals surface area contributed by atoms with E-state index < -0.39 is 0 Å². The Labute approximate surface area is 118 Å². The highest BCUT2D eigenvalue weighted by Gasteiger charge is 2.41. The minimum atomic E-state index is 0.137. The van der Waals surface area contributed by atoms with Gasteiger partial charge in [0.25, 0.3) is 5.91 Å². The van der Waals surface area contributed by atoms with Crippen LogP contribution < -0.4 is 0 Å². The quantitative estimate of drug-likeness (QED) is 0.782.